The summed E-state index contributed by atoms with van der Waals surface area (Å²) in [5, 5.41) is 3.29. The summed E-state index contributed by atoms with van der Waals surface area (Å²) in [4.78, 5) is 22.3. The zero-order chi connectivity index (χ0) is 19.2. The summed E-state index contributed by atoms with van der Waals surface area (Å²) in [5.74, 6) is 0.233. The molecule has 0 aliphatic carbocycles. The Morgan fingerprint density at radius 1 is 1.30 bits per heavy atom. The Labute approximate surface area is 159 Å². The van der Waals surface area contributed by atoms with Gasteiger partial charge in [0.2, 0.25) is 0 Å². The predicted octanol–water partition coefficient (Wildman–Crippen LogP) is 2.82. The number of alkyl halides is 2. The summed E-state index contributed by atoms with van der Waals surface area (Å²) in [6.07, 6.45) is 2.67. The fraction of sp³-hybridized carbons (Fsp3) is 0.353. The number of rotatable bonds is 6. The third-order valence-electron chi connectivity index (χ3n) is 3.85. The Balaban J connectivity index is 1.60. The third kappa shape index (κ3) is 5.24. The number of pyridine rings is 2. The number of nitrogens with zero attached hydrogens (tertiary/aromatic N) is 3. The van der Waals surface area contributed by atoms with Crippen molar-refractivity contribution in [3.63, 3.8) is 0 Å². The van der Waals surface area contributed by atoms with E-state index in [0.717, 1.165) is 0 Å². The first kappa shape index (κ1) is 19.2. The van der Waals surface area contributed by atoms with Gasteiger partial charge in [-0.3, -0.25) is 9.78 Å². The van der Waals surface area contributed by atoms with E-state index in [1.807, 2.05) is 0 Å². The molecule has 144 valence electrons. The zero-order valence-electron chi connectivity index (χ0n) is 14.2. The summed E-state index contributed by atoms with van der Waals surface area (Å²) >= 11 is 6.22. The minimum absolute atomic E-state index is 0.0177. The Bertz CT molecular complexity index is 786. The average Bonchev–Trinajstić information content (AvgIpc) is 2.68. The van der Waals surface area contributed by atoms with Crippen molar-refractivity contribution in [2.75, 3.05) is 31.6 Å². The minimum atomic E-state index is -2.89. The van der Waals surface area contributed by atoms with Crippen LogP contribution in [0.1, 0.15) is 16.1 Å². The molecule has 1 aliphatic rings. The topological polar surface area (TPSA) is 76.6 Å². The van der Waals surface area contributed by atoms with Crippen molar-refractivity contribution in [3.8, 4) is 5.75 Å². The van der Waals surface area contributed by atoms with Gasteiger partial charge in [0.25, 0.3) is 5.91 Å². The number of amides is 1. The van der Waals surface area contributed by atoms with Crippen molar-refractivity contribution in [1.29, 1.82) is 0 Å². The number of hydrogen-bond acceptors (Lipinski definition) is 6. The number of aromatic nitrogens is 2. The number of halogens is 3. The summed E-state index contributed by atoms with van der Waals surface area (Å²) in [6, 6.07) is 4.51. The summed E-state index contributed by atoms with van der Waals surface area (Å²) in [7, 11) is 0. The van der Waals surface area contributed by atoms with E-state index < -0.39 is 6.61 Å². The molecule has 1 saturated heterocycles. The lowest BCUT2D eigenvalue weighted by Gasteiger charge is -2.26. The molecule has 0 saturated carbocycles. The summed E-state index contributed by atoms with van der Waals surface area (Å²) < 4.78 is 33.7. The molecule has 0 radical (unpaired) electrons. The molecule has 0 atom stereocenters. The van der Waals surface area contributed by atoms with Crippen molar-refractivity contribution in [2.45, 2.75) is 13.2 Å². The van der Waals surface area contributed by atoms with Crippen LogP contribution >= 0.6 is 11.6 Å². The smallest absolute Gasteiger partial charge is 0.387 e. The first-order valence-electron chi connectivity index (χ1n) is 8.19. The monoisotopic (exact) mass is 398 g/mol. The second-order valence-electron chi connectivity index (χ2n) is 5.68. The maximum Gasteiger partial charge on any atom is 0.387 e. The molecule has 3 rings (SSSR count). The van der Waals surface area contributed by atoms with Crippen molar-refractivity contribution in [1.82, 2.24) is 14.9 Å². The lowest BCUT2D eigenvalue weighted by Crippen LogP contribution is -2.40. The molecule has 1 amide bonds. The van der Waals surface area contributed by atoms with Gasteiger partial charge >= 0.3 is 6.61 Å². The second-order valence-corrected chi connectivity index (χ2v) is 6.08. The molecule has 0 aromatic carbocycles. The van der Waals surface area contributed by atoms with Crippen LogP contribution in [0.4, 0.5) is 14.6 Å². The van der Waals surface area contributed by atoms with Gasteiger partial charge < -0.3 is 19.7 Å². The first-order valence-corrected chi connectivity index (χ1v) is 8.57. The van der Waals surface area contributed by atoms with Crippen LogP contribution < -0.4 is 10.1 Å². The average molecular weight is 399 g/mol. The van der Waals surface area contributed by atoms with E-state index in [2.05, 4.69) is 20.0 Å². The van der Waals surface area contributed by atoms with Gasteiger partial charge in [0.1, 0.15) is 11.6 Å². The van der Waals surface area contributed by atoms with Crippen molar-refractivity contribution >= 4 is 23.3 Å². The highest BCUT2D eigenvalue weighted by molar-refractivity contribution is 6.33. The molecule has 0 unspecified atom stereocenters. The summed E-state index contributed by atoms with van der Waals surface area (Å²) in [6.45, 7) is -0.516. The molecular formula is C17H17ClF2N4O3. The van der Waals surface area contributed by atoms with Crippen LogP contribution in [0.25, 0.3) is 0 Å². The molecule has 1 aliphatic heterocycles. The number of carbonyl (C=O) groups excluding carboxylic acids is 1. The number of carbonyl (C=O) groups is 1. The fourth-order valence-electron chi connectivity index (χ4n) is 2.50. The van der Waals surface area contributed by atoms with Crippen LogP contribution in [0, 0.1) is 0 Å². The molecule has 0 bridgehead atoms. The molecule has 1 N–H and O–H groups in total. The van der Waals surface area contributed by atoms with E-state index in [1.54, 1.807) is 17.0 Å². The van der Waals surface area contributed by atoms with Gasteiger partial charge in [0, 0.05) is 19.3 Å². The number of morpholine rings is 1. The van der Waals surface area contributed by atoms with E-state index in [0.29, 0.717) is 48.4 Å². The maximum atomic E-state index is 12.4. The van der Waals surface area contributed by atoms with Crippen molar-refractivity contribution < 1.29 is 23.0 Å². The van der Waals surface area contributed by atoms with Crippen molar-refractivity contribution in [2.24, 2.45) is 0 Å². The van der Waals surface area contributed by atoms with Gasteiger partial charge in [-0.15, -0.1) is 0 Å². The third-order valence-corrected chi connectivity index (χ3v) is 4.13. The van der Waals surface area contributed by atoms with Crippen LogP contribution in [-0.4, -0.2) is 53.7 Å². The van der Waals surface area contributed by atoms with Gasteiger partial charge in [-0.25, -0.2) is 4.98 Å². The molecular weight excluding hydrogens is 382 g/mol. The highest BCUT2D eigenvalue weighted by Crippen LogP contribution is 2.22. The highest BCUT2D eigenvalue weighted by atomic mass is 35.5. The van der Waals surface area contributed by atoms with Crippen molar-refractivity contribution in [3.05, 3.63) is 46.9 Å². The number of nitrogens with one attached hydrogen (secondary N) is 1. The molecule has 1 fully saturated rings. The molecule has 3 heterocycles. The van der Waals surface area contributed by atoms with Gasteiger partial charge in [-0.05, 0) is 18.2 Å². The van der Waals surface area contributed by atoms with Crippen LogP contribution in [0.3, 0.4) is 0 Å². The molecule has 0 spiro atoms. The molecule has 27 heavy (non-hydrogen) atoms. The quantitative estimate of drug-likeness (QED) is 0.806. The van der Waals surface area contributed by atoms with Crippen LogP contribution in [-0.2, 0) is 11.3 Å². The SMILES string of the molecule is O=C(c1cnc(NCc2ccc(OC(F)F)cn2)c(Cl)c1)N1CCOCC1. The Kier molecular flexibility index (Phi) is 6.36. The second kappa shape index (κ2) is 8.92. The molecule has 10 heteroatoms. The highest BCUT2D eigenvalue weighted by Gasteiger charge is 2.19. The lowest BCUT2D eigenvalue weighted by molar-refractivity contribution is -0.0500. The first-order chi connectivity index (χ1) is 13.0. The minimum Gasteiger partial charge on any atom is -0.433 e. The Morgan fingerprint density at radius 3 is 2.70 bits per heavy atom. The zero-order valence-corrected chi connectivity index (χ0v) is 15.0. The predicted molar refractivity (Wildman–Crippen MR) is 94.2 cm³/mol. The van der Waals surface area contributed by atoms with Crippen LogP contribution in [0.2, 0.25) is 5.02 Å². The van der Waals surface area contributed by atoms with E-state index >= 15 is 0 Å². The van der Waals surface area contributed by atoms with Gasteiger partial charge in [0.05, 0.1) is 42.2 Å². The van der Waals surface area contributed by atoms with Crippen LogP contribution in [0.5, 0.6) is 5.75 Å². The normalized spacial score (nSPS) is 14.3. The van der Waals surface area contributed by atoms with E-state index in [-0.39, 0.29) is 18.2 Å². The van der Waals surface area contributed by atoms with Gasteiger partial charge in [0.15, 0.2) is 0 Å². The Hall–Kier alpha value is -2.52. The Morgan fingerprint density at radius 2 is 2.07 bits per heavy atom. The van der Waals surface area contributed by atoms with E-state index in [1.165, 1.54) is 18.5 Å². The lowest BCUT2D eigenvalue weighted by atomic mass is 10.2. The number of ether oxygens (including phenoxy) is 2. The molecule has 7 nitrogen and oxygen atoms in total. The van der Waals surface area contributed by atoms with E-state index in [4.69, 9.17) is 16.3 Å². The van der Waals surface area contributed by atoms with Gasteiger partial charge in [-0.2, -0.15) is 8.78 Å². The van der Waals surface area contributed by atoms with Crippen LogP contribution in [0.15, 0.2) is 30.6 Å². The number of anilines is 1. The molecule has 2 aromatic rings. The van der Waals surface area contributed by atoms with E-state index in [9.17, 15) is 13.6 Å². The summed E-state index contributed by atoms with van der Waals surface area (Å²) in [5.41, 5.74) is 0.988. The van der Waals surface area contributed by atoms with Gasteiger partial charge in [-0.1, -0.05) is 11.6 Å². The fourth-order valence-corrected chi connectivity index (χ4v) is 2.73. The largest absolute Gasteiger partial charge is 0.433 e. The number of hydrogen-bond donors (Lipinski definition) is 1. The standard InChI is InChI=1S/C17H17ClF2N4O3/c18-14-7-11(16(25)24-3-5-26-6-4-24)8-22-15(14)23-9-12-1-2-13(10-21-12)27-17(19)20/h1-2,7-8,10,17H,3-6,9H2,(H,22,23). The molecule has 2 aromatic heterocycles. The maximum absolute atomic E-state index is 12.4.